The second kappa shape index (κ2) is 6.40. The summed E-state index contributed by atoms with van der Waals surface area (Å²) >= 11 is 1.87. The van der Waals surface area contributed by atoms with E-state index < -0.39 is 0 Å². The Kier molecular flexibility index (Phi) is 3.89. The Balaban J connectivity index is 1.43. The van der Waals surface area contributed by atoms with Gasteiger partial charge in [0.1, 0.15) is 16.5 Å². The molecule has 0 aliphatic heterocycles. The minimum absolute atomic E-state index is 0.871. The normalized spacial score (nSPS) is 13.6. The Bertz CT molecular complexity index is 1090. The van der Waals surface area contributed by atoms with Crippen LogP contribution < -0.4 is 5.32 Å². The van der Waals surface area contributed by atoms with E-state index in [1.165, 1.54) is 51.6 Å². The molecule has 0 amide bonds. The van der Waals surface area contributed by atoms with Gasteiger partial charge in [-0.15, -0.1) is 11.3 Å². The zero-order valence-electron chi connectivity index (χ0n) is 14.9. The lowest BCUT2D eigenvalue weighted by Crippen LogP contribution is -2.08. The van der Waals surface area contributed by atoms with E-state index in [1.54, 1.807) is 0 Å². The predicted molar refractivity (Wildman–Crippen MR) is 109 cm³/mol. The van der Waals surface area contributed by atoms with Gasteiger partial charge in [-0.2, -0.15) is 0 Å². The maximum absolute atomic E-state index is 4.83. The number of rotatable bonds is 5. The van der Waals surface area contributed by atoms with E-state index >= 15 is 0 Å². The molecule has 0 saturated heterocycles. The van der Waals surface area contributed by atoms with Crippen molar-refractivity contribution < 1.29 is 0 Å². The molecule has 2 N–H and O–H groups in total. The molecule has 1 aromatic carbocycles. The van der Waals surface area contributed by atoms with Gasteiger partial charge in [0.05, 0.1) is 5.39 Å². The van der Waals surface area contributed by atoms with E-state index in [0.717, 1.165) is 35.9 Å². The van der Waals surface area contributed by atoms with Crippen LogP contribution in [0.2, 0.25) is 0 Å². The Hall–Kier alpha value is -2.40. The van der Waals surface area contributed by atoms with Crippen LogP contribution in [0.4, 0.5) is 5.82 Å². The SMILES string of the molecule is CCc1nc(NCCc2c[nH]c3ccccc23)c2c3c(sc2n1)CCC3. The molecule has 5 heteroatoms. The van der Waals surface area contributed by atoms with Crippen molar-refractivity contribution in [2.75, 3.05) is 11.9 Å². The number of fused-ring (bicyclic) bond motifs is 4. The first-order chi connectivity index (χ1) is 12.8. The topological polar surface area (TPSA) is 53.6 Å². The van der Waals surface area contributed by atoms with Gasteiger partial charge < -0.3 is 10.3 Å². The first-order valence-electron chi connectivity index (χ1n) is 9.43. The third kappa shape index (κ3) is 2.58. The highest BCUT2D eigenvalue weighted by molar-refractivity contribution is 7.19. The molecular weight excluding hydrogens is 340 g/mol. The number of benzene rings is 1. The van der Waals surface area contributed by atoms with Crippen molar-refractivity contribution in [1.82, 2.24) is 15.0 Å². The van der Waals surface area contributed by atoms with Gasteiger partial charge in [-0.1, -0.05) is 25.1 Å². The lowest BCUT2D eigenvalue weighted by Gasteiger charge is -2.09. The molecule has 3 aromatic heterocycles. The molecule has 4 aromatic rings. The van der Waals surface area contributed by atoms with Gasteiger partial charge in [0.25, 0.3) is 0 Å². The van der Waals surface area contributed by atoms with E-state index in [4.69, 9.17) is 9.97 Å². The molecule has 0 atom stereocenters. The van der Waals surface area contributed by atoms with E-state index in [1.807, 2.05) is 11.3 Å². The summed E-state index contributed by atoms with van der Waals surface area (Å²) in [6.45, 7) is 3.00. The smallest absolute Gasteiger partial charge is 0.138 e. The number of aromatic nitrogens is 3. The zero-order chi connectivity index (χ0) is 17.5. The molecule has 0 unspecified atom stereocenters. The molecule has 26 heavy (non-hydrogen) atoms. The third-order valence-corrected chi connectivity index (χ3v) is 6.47. The standard InChI is InChI=1S/C21H22N4S/c1-2-18-24-20(19-15-7-5-9-17(15)26-21(19)25-18)22-11-10-13-12-23-16-8-4-3-6-14(13)16/h3-4,6,8,12,23H,2,5,7,9-11H2,1H3,(H,22,24,25). The van der Waals surface area contributed by atoms with Gasteiger partial charge in [0, 0.05) is 34.9 Å². The highest BCUT2D eigenvalue weighted by atomic mass is 32.1. The van der Waals surface area contributed by atoms with Crippen LogP contribution in [-0.4, -0.2) is 21.5 Å². The number of aryl methyl sites for hydroxylation is 3. The quantitative estimate of drug-likeness (QED) is 0.532. The first kappa shape index (κ1) is 15.8. The van der Waals surface area contributed by atoms with Crippen molar-refractivity contribution in [1.29, 1.82) is 0 Å². The highest BCUT2D eigenvalue weighted by Crippen LogP contribution is 2.39. The van der Waals surface area contributed by atoms with Crippen molar-refractivity contribution in [2.24, 2.45) is 0 Å². The van der Waals surface area contributed by atoms with Crippen molar-refractivity contribution in [3.05, 3.63) is 52.3 Å². The van der Waals surface area contributed by atoms with Crippen LogP contribution in [-0.2, 0) is 25.7 Å². The molecule has 0 spiro atoms. The van der Waals surface area contributed by atoms with Crippen molar-refractivity contribution in [3.63, 3.8) is 0 Å². The van der Waals surface area contributed by atoms with Crippen molar-refractivity contribution in [3.8, 4) is 0 Å². The zero-order valence-corrected chi connectivity index (χ0v) is 15.7. The summed E-state index contributed by atoms with van der Waals surface area (Å²) in [4.78, 5) is 15.6. The summed E-state index contributed by atoms with van der Waals surface area (Å²) < 4.78 is 0. The number of aromatic amines is 1. The number of hydrogen-bond donors (Lipinski definition) is 2. The molecule has 4 nitrogen and oxygen atoms in total. The van der Waals surface area contributed by atoms with Crippen LogP contribution in [0.1, 0.15) is 35.2 Å². The number of anilines is 1. The lowest BCUT2D eigenvalue weighted by atomic mass is 10.1. The molecule has 132 valence electrons. The maximum atomic E-state index is 4.83. The predicted octanol–water partition coefficient (Wildman–Crippen LogP) is 4.88. The van der Waals surface area contributed by atoms with Crippen LogP contribution in [0.15, 0.2) is 30.5 Å². The van der Waals surface area contributed by atoms with E-state index in [-0.39, 0.29) is 0 Å². The summed E-state index contributed by atoms with van der Waals surface area (Å²) in [6.07, 6.45) is 7.61. The van der Waals surface area contributed by atoms with Gasteiger partial charge in [-0.05, 0) is 42.9 Å². The number of nitrogens with one attached hydrogen (secondary N) is 2. The molecule has 0 saturated carbocycles. The molecule has 1 aliphatic rings. The van der Waals surface area contributed by atoms with Gasteiger partial charge >= 0.3 is 0 Å². The average molecular weight is 363 g/mol. The number of nitrogens with zero attached hydrogens (tertiary/aromatic N) is 2. The van der Waals surface area contributed by atoms with Gasteiger partial charge in [-0.3, -0.25) is 0 Å². The number of thiophene rings is 1. The molecule has 5 rings (SSSR count). The summed E-state index contributed by atoms with van der Waals surface area (Å²) in [5.41, 5.74) is 4.04. The highest BCUT2D eigenvalue weighted by Gasteiger charge is 2.22. The summed E-state index contributed by atoms with van der Waals surface area (Å²) in [7, 11) is 0. The second-order valence-electron chi connectivity index (χ2n) is 6.92. The average Bonchev–Trinajstić information content (AvgIpc) is 3.35. The molecule has 0 fully saturated rings. The maximum Gasteiger partial charge on any atom is 0.138 e. The van der Waals surface area contributed by atoms with Crippen LogP contribution in [0.25, 0.3) is 21.1 Å². The van der Waals surface area contributed by atoms with Crippen LogP contribution in [0.5, 0.6) is 0 Å². The molecule has 0 radical (unpaired) electrons. The number of hydrogen-bond acceptors (Lipinski definition) is 4. The van der Waals surface area contributed by atoms with E-state index in [0.29, 0.717) is 0 Å². The summed E-state index contributed by atoms with van der Waals surface area (Å²) in [6, 6.07) is 8.48. The fourth-order valence-corrected chi connectivity index (χ4v) is 5.26. The third-order valence-electron chi connectivity index (χ3n) is 5.29. The Morgan fingerprint density at radius 3 is 3.04 bits per heavy atom. The fraction of sp³-hybridized carbons (Fsp3) is 0.333. The van der Waals surface area contributed by atoms with Crippen LogP contribution in [0.3, 0.4) is 0 Å². The van der Waals surface area contributed by atoms with Crippen LogP contribution >= 0.6 is 11.3 Å². The Morgan fingerprint density at radius 1 is 1.19 bits per heavy atom. The minimum Gasteiger partial charge on any atom is -0.369 e. The lowest BCUT2D eigenvalue weighted by molar-refractivity contribution is 0.914. The first-order valence-corrected chi connectivity index (χ1v) is 10.2. The summed E-state index contributed by atoms with van der Waals surface area (Å²) in [5, 5.41) is 6.21. The van der Waals surface area contributed by atoms with Crippen LogP contribution in [0, 0.1) is 0 Å². The Labute approximate surface area is 156 Å². The molecular formula is C21H22N4S. The van der Waals surface area contributed by atoms with E-state index in [2.05, 4.69) is 47.7 Å². The minimum atomic E-state index is 0.871. The van der Waals surface area contributed by atoms with E-state index in [9.17, 15) is 0 Å². The van der Waals surface area contributed by atoms with Gasteiger partial charge in [-0.25, -0.2) is 9.97 Å². The van der Waals surface area contributed by atoms with Gasteiger partial charge in [0.15, 0.2) is 0 Å². The largest absolute Gasteiger partial charge is 0.369 e. The monoisotopic (exact) mass is 362 g/mol. The second-order valence-corrected chi connectivity index (χ2v) is 8.00. The van der Waals surface area contributed by atoms with Gasteiger partial charge in [0.2, 0.25) is 0 Å². The summed E-state index contributed by atoms with van der Waals surface area (Å²) in [5.74, 6) is 1.97. The number of para-hydroxylation sites is 1. The molecule has 0 bridgehead atoms. The molecule has 1 aliphatic carbocycles. The number of H-pyrrole nitrogens is 1. The van der Waals surface area contributed by atoms with Crippen molar-refractivity contribution in [2.45, 2.75) is 39.0 Å². The van der Waals surface area contributed by atoms with Crippen molar-refractivity contribution >= 4 is 38.3 Å². The molecule has 3 heterocycles. The Morgan fingerprint density at radius 2 is 2.12 bits per heavy atom. The fourth-order valence-electron chi connectivity index (χ4n) is 3.98.